The molecule has 1 aliphatic heterocycles. The molecule has 8 heteroatoms. The largest absolute Gasteiger partial charge is 0.467 e. The Bertz CT molecular complexity index is 322. The molecule has 0 amide bonds. The van der Waals surface area contributed by atoms with Gasteiger partial charge < -0.3 is 29.5 Å². The molecule has 1 heterocycles. The number of unbranched alkanes of at least 4 members (excludes halogenated alkanes) is 2. The minimum atomic E-state index is -1.54. The fraction of sp³-hybridized carbons (Fsp3) is 0.938. The smallest absolute Gasteiger partial charge is 0.337 e. The standard InChI is InChI=1S/C8H14O7.2C4H9.Sn/c1-13-7(12)6-4(10)3(9)5(11)8(14-2)15-6;2*1-3-4-2;/h3-6,8-11H,1-2H3;2*1,3-4H2,2H3;/t3-,4-,5+,6-,8+;;;/m0.../s1. The van der Waals surface area contributed by atoms with E-state index in [1.165, 1.54) is 32.8 Å². The van der Waals surface area contributed by atoms with E-state index in [1.54, 1.807) is 8.87 Å². The summed E-state index contributed by atoms with van der Waals surface area (Å²) < 4.78 is 17.2. The van der Waals surface area contributed by atoms with Crippen molar-refractivity contribution < 1.29 is 34.3 Å². The van der Waals surface area contributed by atoms with Crippen LogP contribution in [-0.4, -0.2) is 87.4 Å². The molecule has 0 saturated carbocycles. The molecule has 0 aliphatic carbocycles. The molecule has 0 aromatic heterocycles. The van der Waals surface area contributed by atoms with Crippen LogP contribution in [0.4, 0.5) is 0 Å². The van der Waals surface area contributed by atoms with Crippen molar-refractivity contribution in [2.24, 2.45) is 0 Å². The fourth-order valence-electron chi connectivity index (χ4n) is 2.08. The molecule has 1 aliphatic rings. The van der Waals surface area contributed by atoms with Crippen LogP contribution in [0.3, 0.4) is 0 Å². The second-order valence-corrected chi connectivity index (χ2v) is 9.89. The van der Waals surface area contributed by atoms with Crippen LogP contribution in [0.5, 0.6) is 0 Å². The van der Waals surface area contributed by atoms with E-state index in [0.29, 0.717) is 0 Å². The van der Waals surface area contributed by atoms with Gasteiger partial charge in [-0.3, -0.25) is 0 Å². The van der Waals surface area contributed by atoms with E-state index >= 15 is 0 Å². The van der Waals surface area contributed by atoms with Gasteiger partial charge in [0.2, 0.25) is 0 Å². The molecular formula is C16H32O7Sn. The van der Waals surface area contributed by atoms with Crippen molar-refractivity contribution in [2.75, 3.05) is 14.2 Å². The van der Waals surface area contributed by atoms with Crippen molar-refractivity contribution in [1.29, 1.82) is 0 Å². The van der Waals surface area contributed by atoms with Crippen LogP contribution in [-0.2, 0) is 19.0 Å². The Balaban J connectivity index is 0.000000506. The summed E-state index contributed by atoms with van der Waals surface area (Å²) >= 11 is 0.149. The zero-order valence-electron chi connectivity index (χ0n) is 15.1. The van der Waals surface area contributed by atoms with Gasteiger partial charge in [0.25, 0.3) is 0 Å². The fourth-order valence-corrected chi connectivity index (χ4v) is 6.24. The number of aliphatic hydroxyl groups is 3. The number of ether oxygens (including phenoxy) is 3. The first kappa shape index (κ1) is 24.1. The Labute approximate surface area is 154 Å². The summed E-state index contributed by atoms with van der Waals surface area (Å²) in [5.41, 5.74) is 0. The summed E-state index contributed by atoms with van der Waals surface area (Å²) in [6.07, 6.45) is -1.17. The number of hydrogen-bond donors (Lipinski definition) is 3. The van der Waals surface area contributed by atoms with E-state index in [1.807, 2.05) is 0 Å². The first-order valence-corrected chi connectivity index (χ1v) is 12.5. The Hall–Kier alpha value is 0.0687. The van der Waals surface area contributed by atoms with Crippen LogP contribution in [0, 0.1) is 0 Å². The molecule has 0 bridgehead atoms. The molecule has 2 radical (unpaired) electrons. The number of aliphatic hydroxyl groups excluding tert-OH is 3. The number of methoxy groups -OCH3 is 2. The average Bonchev–Trinajstić information content (AvgIpc) is 2.60. The van der Waals surface area contributed by atoms with Crippen molar-refractivity contribution in [3.63, 3.8) is 0 Å². The topological polar surface area (TPSA) is 105 Å². The average molecular weight is 455 g/mol. The third-order valence-electron chi connectivity index (χ3n) is 3.65. The molecule has 3 N–H and O–H groups in total. The third kappa shape index (κ3) is 8.44. The first-order chi connectivity index (χ1) is 11.4. The number of carbonyl (C=O) groups is 1. The van der Waals surface area contributed by atoms with Gasteiger partial charge in [0.15, 0.2) is 12.4 Å². The van der Waals surface area contributed by atoms with Crippen LogP contribution in [0.2, 0.25) is 8.87 Å². The predicted octanol–water partition coefficient (Wildman–Crippen LogP) is 0.741. The molecule has 0 aromatic rings. The molecule has 7 nitrogen and oxygen atoms in total. The van der Waals surface area contributed by atoms with Crippen molar-refractivity contribution in [1.82, 2.24) is 0 Å². The summed E-state index contributed by atoms with van der Waals surface area (Å²) in [5, 5.41) is 28.2. The molecule has 142 valence electrons. The van der Waals surface area contributed by atoms with Gasteiger partial charge >= 0.3 is 75.5 Å². The quantitative estimate of drug-likeness (QED) is 0.282. The minimum Gasteiger partial charge on any atom is -0.467 e. The zero-order chi connectivity index (χ0) is 18.5. The van der Waals surface area contributed by atoms with Crippen LogP contribution in [0.1, 0.15) is 39.5 Å². The molecule has 5 atom stereocenters. The Kier molecular flexibility index (Phi) is 14.3. The van der Waals surface area contributed by atoms with Crippen LogP contribution < -0.4 is 0 Å². The Morgan fingerprint density at radius 3 is 1.96 bits per heavy atom. The van der Waals surface area contributed by atoms with Gasteiger partial charge in [-0.25, -0.2) is 4.79 Å². The van der Waals surface area contributed by atoms with Crippen molar-refractivity contribution in [2.45, 2.75) is 79.1 Å². The van der Waals surface area contributed by atoms with E-state index in [4.69, 9.17) is 9.47 Å². The maximum Gasteiger partial charge on any atom is 0.337 e. The zero-order valence-corrected chi connectivity index (χ0v) is 18.0. The van der Waals surface area contributed by atoms with Gasteiger partial charge in [-0.15, -0.1) is 0 Å². The van der Waals surface area contributed by atoms with Crippen LogP contribution in [0.15, 0.2) is 0 Å². The normalized spacial score (nSPS) is 29.5. The monoisotopic (exact) mass is 456 g/mol. The summed E-state index contributed by atoms with van der Waals surface area (Å²) in [4.78, 5) is 11.1. The van der Waals surface area contributed by atoms with Crippen molar-refractivity contribution >= 4 is 27.1 Å². The van der Waals surface area contributed by atoms with Gasteiger partial charge in [0.1, 0.15) is 18.3 Å². The van der Waals surface area contributed by atoms with E-state index in [9.17, 15) is 20.1 Å². The summed E-state index contributed by atoms with van der Waals surface area (Å²) in [5.74, 6) is -0.837. The van der Waals surface area contributed by atoms with Gasteiger partial charge in [0, 0.05) is 7.11 Å². The molecule has 1 fully saturated rings. The van der Waals surface area contributed by atoms with E-state index in [2.05, 4.69) is 18.6 Å². The first-order valence-electron chi connectivity index (χ1n) is 8.45. The van der Waals surface area contributed by atoms with Gasteiger partial charge in [-0.1, -0.05) is 0 Å². The Morgan fingerprint density at radius 1 is 1.00 bits per heavy atom. The van der Waals surface area contributed by atoms with E-state index in [0.717, 1.165) is 7.11 Å². The third-order valence-corrected chi connectivity index (χ3v) is 7.69. The van der Waals surface area contributed by atoms with Crippen molar-refractivity contribution in [3.8, 4) is 0 Å². The second kappa shape index (κ2) is 14.3. The maximum atomic E-state index is 11.1. The molecule has 0 aromatic carbocycles. The Morgan fingerprint density at radius 2 is 1.54 bits per heavy atom. The molecule has 1 saturated heterocycles. The maximum absolute atomic E-state index is 11.1. The number of carbonyl (C=O) groups excluding carboxylic acids is 1. The summed E-state index contributed by atoms with van der Waals surface area (Å²) in [7, 11) is 2.37. The summed E-state index contributed by atoms with van der Waals surface area (Å²) in [6.45, 7) is 4.58. The number of hydrogen-bond acceptors (Lipinski definition) is 7. The van der Waals surface area contributed by atoms with Crippen LogP contribution in [0.25, 0.3) is 0 Å². The van der Waals surface area contributed by atoms with Gasteiger partial charge in [-0.05, 0) is 0 Å². The van der Waals surface area contributed by atoms with Crippen molar-refractivity contribution in [3.05, 3.63) is 0 Å². The summed E-state index contributed by atoms with van der Waals surface area (Å²) in [6, 6.07) is 0. The number of rotatable bonds is 8. The van der Waals surface area contributed by atoms with Crippen LogP contribution >= 0.6 is 0 Å². The van der Waals surface area contributed by atoms with E-state index < -0.39 is 36.7 Å². The molecule has 0 spiro atoms. The number of esters is 1. The van der Waals surface area contributed by atoms with Gasteiger partial charge in [-0.2, -0.15) is 0 Å². The molecular weight excluding hydrogens is 423 g/mol. The van der Waals surface area contributed by atoms with Gasteiger partial charge in [0.05, 0.1) is 7.11 Å². The molecule has 24 heavy (non-hydrogen) atoms. The predicted molar refractivity (Wildman–Crippen MR) is 90.9 cm³/mol. The second-order valence-electron chi connectivity index (χ2n) is 5.61. The molecule has 0 unspecified atom stereocenters. The van der Waals surface area contributed by atoms with E-state index in [-0.39, 0.29) is 21.1 Å². The SMILES string of the molecule is CCC[CH2][Sn][CH2]CCC.COC(=O)[C@H]1O[C@@H](OC)[C@H](O)[C@@H](O)[C@@H]1O. The molecule has 1 rings (SSSR count). The minimum absolute atomic E-state index is 0.149.